The first-order valence-electron chi connectivity index (χ1n) is 8.64. The molecule has 0 atom stereocenters. The van der Waals surface area contributed by atoms with Crippen molar-refractivity contribution in [3.05, 3.63) is 52.3 Å². The van der Waals surface area contributed by atoms with Crippen LogP contribution in [0.2, 0.25) is 0 Å². The van der Waals surface area contributed by atoms with Crippen LogP contribution in [0.3, 0.4) is 0 Å². The lowest BCUT2D eigenvalue weighted by atomic mass is 10.1. The van der Waals surface area contributed by atoms with Crippen LogP contribution < -0.4 is 0 Å². The molecule has 3 aliphatic heterocycles. The highest BCUT2D eigenvalue weighted by molar-refractivity contribution is 8.42. The molecule has 1 spiro atoms. The number of rotatable bonds is 2. The van der Waals surface area contributed by atoms with Gasteiger partial charge in [0.15, 0.2) is 0 Å². The molecule has 0 unspecified atom stereocenters. The van der Waals surface area contributed by atoms with Gasteiger partial charge in [-0.15, -0.1) is 11.3 Å². The van der Waals surface area contributed by atoms with Crippen LogP contribution >= 0.6 is 21.9 Å². The zero-order chi connectivity index (χ0) is 18.6. The lowest BCUT2D eigenvalue weighted by Crippen LogP contribution is -2.27. The Morgan fingerprint density at radius 2 is 1.96 bits per heavy atom. The van der Waals surface area contributed by atoms with Gasteiger partial charge in [0.1, 0.15) is 0 Å². The first kappa shape index (κ1) is 16.6. The second-order valence-corrected chi connectivity index (χ2v) is 9.37. The van der Waals surface area contributed by atoms with Crippen molar-refractivity contribution in [1.29, 1.82) is 0 Å². The number of allylic oxidation sites excluding steroid dienone is 1. The summed E-state index contributed by atoms with van der Waals surface area (Å²) in [4.78, 5) is 31.9. The van der Waals surface area contributed by atoms with Crippen LogP contribution in [0.25, 0.3) is 15.8 Å². The maximum atomic E-state index is 12.2. The maximum Gasteiger partial charge on any atom is 0.354 e. The number of hydrogen-bond acceptors (Lipinski definition) is 7. The van der Waals surface area contributed by atoms with Gasteiger partial charge in [-0.05, 0) is 34.5 Å². The Bertz CT molecular complexity index is 1060. The molecule has 138 valence electrons. The largest absolute Gasteiger partial charge is 0.354 e. The molecule has 27 heavy (non-hydrogen) atoms. The Labute approximate surface area is 161 Å². The summed E-state index contributed by atoms with van der Waals surface area (Å²) < 4.78 is 12.7. The van der Waals surface area contributed by atoms with E-state index in [9.17, 15) is 9.59 Å². The minimum absolute atomic E-state index is 0.562. The average molecular weight is 400 g/mol. The second-order valence-electron chi connectivity index (χ2n) is 6.22. The fraction of sp³-hybridized carbons (Fsp3) is 0.211. The third-order valence-electron chi connectivity index (χ3n) is 4.73. The predicted octanol–water partition coefficient (Wildman–Crippen LogP) is 3.96. The molecular weight excluding hydrogens is 384 g/mol. The molecule has 1 aromatic carbocycles. The lowest BCUT2D eigenvalue weighted by Gasteiger charge is -2.37. The molecule has 1 aromatic heterocycles. The molecule has 0 saturated carbocycles. The van der Waals surface area contributed by atoms with Crippen molar-refractivity contribution in [3.63, 3.8) is 0 Å². The monoisotopic (exact) mass is 400 g/mol. The van der Waals surface area contributed by atoms with Gasteiger partial charge in [-0.2, -0.15) is 0 Å². The molecule has 8 heteroatoms. The summed E-state index contributed by atoms with van der Waals surface area (Å²) in [6, 6.07) is 8.26. The van der Waals surface area contributed by atoms with Gasteiger partial charge in [0, 0.05) is 34.3 Å². The number of carbonyl (C=O) groups is 2. The minimum Gasteiger partial charge on any atom is -0.328 e. The number of benzene rings is 1. The summed E-state index contributed by atoms with van der Waals surface area (Å²) in [5, 5.41) is 3.76. The zero-order valence-electron chi connectivity index (χ0n) is 14.5. The van der Waals surface area contributed by atoms with Gasteiger partial charge >= 0.3 is 11.9 Å². The SMILES string of the molecule is CCC1=C(c2cccc3sccc23)N2CCN=C2S12OC(=O)C=CC(=O)O2. The summed E-state index contributed by atoms with van der Waals surface area (Å²) >= 11 is 1.68. The lowest BCUT2D eigenvalue weighted by molar-refractivity contribution is -0.129. The van der Waals surface area contributed by atoms with E-state index < -0.39 is 22.5 Å². The molecule has 4 heterocycles. The van der Waals surface area contributed by atoms with E-state index in [0.717, 1.165) is 33.7 Å². The quantitative estimate of drug-likeness (QED) is 0.763. The van der Waals surface area contributed by atoms with Crippen molar-refractivity contribution < 1.29 is 18.0 Å². The van der Waals surface area contributed by atoms with E-state index in [1.807, 2.05) is 13.0 Å². The van der Waals surface area contributed by atoms with Crippen LogP contribution in [0.15, 0.2) is 51.7 Å². The van der Waals surface area contributed by atoms with E-state index in [0.29, 0.717) is 24.7 Å². The Kier molecular flexibility index (Phi) is 3.66. The number of nitrogens with zero attached hydrogens (tertiary/aromatic N) is 2. The van der Waals surface area contributed by atoms with E-state index in [1.165, 1.54) is 4.70 Å². The van der Waals surface area contributed by atoms with Crippen LogP contribution in [0, 0.1) is 0 Å². The summed E-state index contributed by atoms with van der Waals surface area (Å²) in [5.74, 6) is -1.15. The van der Waals surface area contributed by atoms with Crippen LogP contribution in [-0.4, -0.2) is 35.1 Å². The van der Waals surface area contributed by atoms with Crippen LogP contribution in [0.1, 0.15) is 18.9 Å². The molecule has 0 bridgehead atoms. The van der Waals surface area contributed by atoms with E-state index >= 15 is 0 Å². The highest BCUT2D eigenvalue weighted by Gasteiger charge is 2.52. The van der Waals surface area contributed by atoms with E-state index in [-0.39, 0.29) is 0 Å². The fourth-order valence-corrected chi connectivity index (χ4v) is 7.30. The fourth-order valence-electron chi connectivity index (χ4n) is 3.72. The molecule has 6 nitrogen and oxygen atoms in total. The van der Waals surface area contributed by atoms with Crippen LogP contribution in [0.5, 0.6) is 0 Å². The van der Waals surface area contributed by atoms with Gasteiger partial charge in [-0.25, -0.2) is 14.6 Å². The van der Waals surface area contributed by atoms with Crippen molar-refractivity contribution >= 4 is 54.8 Å². The zero-order valence-corrected chi connectivity index (χ0v) is 16.1. The first-order valence-corrected chi connectivity index (χ1v) is 11.0. The maximum absolute atomic E-state index is 12.2. The van der Waals surface area contributed by atoms with Gasteiger partial charge in [0.25, 0.3) is 0 Å². The summed E-state index contributed by atoms with van der Waals surface area (Å²) in [6.07, 6.45) is 2.82. The Balaban J connectivity index is 1.79. The van der Waals surface area contributed by atoms with Crippen molar-refractivity contribution in [2.45, 2.75) is 13.3 Å². The van der Waals surface area contributed by atoms with Gasteiger partial charge in [-0.1, -0.05) is 19.1 Å². The minimum atomic E-state index is -2.72. The molecule has 3 aliphatic rings. The molecule has 0 radical (unpaired) electrons. The van der Waals surface area contributed by atoms with E-state index in [4.69, 9.17) is 8.37 Å². The van der Waals surface area contributed by atoms with E-state index in [1.54, 1.807) is 11.3 Å². The van der Waals surface area contributed by atoms with Gasteiger partial charge < -0.3 is 13.3 Å². The smallest absolute Gasteiger partial charge is 0.328 e. The predicted molar refractivity (Wildman–Crippen MR) is 107 cm³/mol. The number of aliphatic imine (C=N–C) groups is 1. The van der Waals surface area contributed by atoms with Crippen LogP contribution in [0.4, 0.5) is 0 Å². The molecule has 0 N–H and O–H groups in total. The van der Waals surface area contributed by atoms with Crippen molar-refractivity contribution in [1.82, 2.24) is 4.90 Å². The van der Waals surface area contributed by atoms with Crippen molar-refractivity contribution in [2.75, 3.05) is 13.1 Å². The number of fused-ring (bicyclic) bond motifs is 3. The second kappa shape index (κ2) is 5.97. The normalized spacial score (nSPS) is 22.0. The molecule has 0 fully saturated rings. The Morgan fingerprint density at radius 3 is 2.70 bits per heavy atom. The summed E-state index contributed by atoms with van der Waals surface area (Å²) in [5.41, 5.74) is 2.00. The van der Waals surface area contributed by atoms with Gasteiger partial charge in [0.05, 0.1) is 17.1 Å². The van der Waals surface area contributed by atoms with Crippen molar-refractivity contribution in [2.24, 2.45) is 4.99 Å². The molecule has 0 saturated heterocycles. The van der Waals surface area contributed by atoms with Crippen LogP contribution in [-0.2, 0) is 18.0 Å². The number of carbonyl (C=O) groups excluding carboxylic acids is 2. The van der Waals surface area contributed by atoms with E-state index in [2.05, 4.69) is 33.5 Å². The van der Waals surface area contributed by atoms with Gasteiger partial charge in [-0.3, -0.25) is 0 Å². The molecule has 0 amide bonds. The van der Waals surface area contributed by atoms with Crippen molar-refractivity contribution in [3.8, 4) is 0 Å². The Morgan fingerprint density at radius 1 is 1.19 bits per heavy atom. The summed E-state index contributed by atoms with van der Waals surface area (Å²) in [7, 11) is -2.72. The first-order chi connectivity index (χ1) is 13.1. The third-order valence-corrected chi connectivity index (χ3v) is 8.37. The average Bonchev–Trinajstić information content (AvgIpc) is 3.34. The highest BCUT2D eigenvalue weighted by Crippen LogP contribution is 2.69. The molecule has 0 aliphatic carbocycles. The standard InChI is InChI=1S/C19H16N2O4S2/c1-2-15-18(13-4-3-5-14-12(13)8-11-26-14)21-10-9-20-19(21)27(15)24-16(22)6-7-17(23)25-27/h3-8,11H,2,9-10H2,1H3. The molecule has 2 aromatic rings. The number of thiophene rings is 1. The number of hydrogen-bond donors (Lipinski definition) is 0. The Hall–Kier alpha value is -2.58. The number of amidine groups is 1. The molecular formula is C19H16N2O4S2. The van der Waals surface area contributed by atoms with Gasteiger partial charge in [0.2, 0.25) is 5.17 Å². The highest BCUT2D eigenvalue weighted by atomic mass is 32.3. The topological polar surface area (TPSA) is 68.2 Å². The summed E-state index contributed by atoms with van der Waals surface area (Å²) in [6.45, 7) is 3.24. The third kappa shape index (κ3) is 2.30. The molecule has 5 rings (SSSR count).